The van der Waals surface area contributed by atoms with Crippen molar-refractivity contribution in [1.29, 1.82) is 0 Å². The Labute approximate surface area is 107 Å². The molecular formula is C13H19N3O2. The van der Waals surface area contributed by atoms with Crippen molar-refractivity contribution in [3.05, 3.63) is 18.3 Å². The summed E-state index contributed by atoms with van der Waals surface area (Å²) in [5, 5.41) is 2.85. The summed E-state index contributed by atoms with van der Waals surface area (Å²) in [5.74, 6) is 1.12. The SMILES string of the molecule is COc1ccc(NC(=O)N2CCC[C@H](C)C2)cn1. The molecule has 1 N–H and O–H groups in total. The van der Waals surface area contributed by atoms with Crippen LogP contribution in [-0.2, 0) is 0 Å². The average Bonchev–Trinajstić information content (AvgIpc) is 2.39. The first-order valence-electron chi connectivity index (χ1n) is 6.25. The monoisotopic (exact) mass is 249 g/mol. The molecule has 2 rings (SSSR count). The molecule has 0 aliphatic carbocycles. The van der Waals surface area contributed by atoms with E-state index in [0.29, 0.717) is 17.5 Å². The summed E-state index contributed by atoms with van der Waals surface area (Å²) in [7, 11) is 1.57. The van der Waals surface area contributed by atoms with E-state index in [2.05, 4.69) is 17.2 Å². The molecule has 0 saturated carbocycles. The third kappa shape index (κ3) is 3.12. The van der Waals surface area contributed by atoms with Crippen LogP contribution in [0, 0.1) is 5.92 Å². The zero-order chi connectivity index (χ0) is 13.0. The quantitative estimate of drug-likeness (QED) is 0.875. The van der Waals surface area contributed by atoms with Crippen LogP contribution in [0.25, 0.3) is 0 Å². The van der Waals surface area contributed by atoms with Crippen LogP contribution in [0.1, 0.15) is 19.8 Å². The fourth-order valence-corrected chi connectivity index (χ4v) is 2.15. The van der Waals surface area contributed by atoms with Gasteiger partial charge in [0.1, 0.15) is 0 Å². The number of ether oxygens (including phenoxy) is 1. The lowest BCUT2D eigenvalue weighted by Crippen LogP contribution is -2.41. The summed E-state index contributed by atoms with van der Waals surface area (Å²) in [4.78, 5) is 17.9. The first kappa shape index (κ1) is 12.7. The van der Waals surface area contributed by atoms with Gasteiger partial charge in [0.2, 0.25) is 5.88 Å². The second-order valence-corrected chi connectivity index (χ2v) is 4.71. The second-order valence-electron chi connectivity index (χ2n) is 4.71. The number of anilines is 1. The minimum atomic E-state index is -0.0477. The molecule has 2 amide bonds. The van der Waals surface area contributed by atoms with Gasteiger partial charge < -0.3 is 15.0 Å². The van der Waals surface area contributed by atoms with Gasteiger partial charge in [-0.15, -0.1) is 0 Å². The van der Waals surface area contributed by atoms with Crippen LogP contribution in [0.2, 0.25) is 0 Å². The van der Waals surface area contributed by atoms with Gasteiger partial charge in [0, 0.05) is 19.2 Å². The number of pyridine rings is 1. The summed E-state index contributed by atoms with van der Waals surface area (Å²) in [6.07, 6.45) is 3.88. The number of nitrogens with zero attached hydrogens (tertiary/aromatic N) is 2. The molecule has 0 bridgehead atoms. The fourth-order valence-electron chi connectivity index (χ4n) is 2.15. The Bertz CT molecular complexity index is 405. The largest absolute Gasteiger partial charge is 0.481 e. The van der Waals surface area contributed by atoms with Gasteiger partial charge in [-0.3, -0.25) is 0 Å². The molecule has 5 heteroatoms. The minimum Gasteiger partial charge on any atom is -0.481 e. The Morgan fingerprint density at radius 1 is 1.56 bits per heavy atom. The molecule has 18 heavy (non-hydrogen) atoms. The highest BCUT2D eigenvalue weighted by Gasteiger charge is 2.20. The molecule has 0 unspecified atom stereocenters. The van der Waals surface area contributed by atoms with E-state index in [0.717, 1.165) is 19.5 Å². The molecule has 1 aliphatic heterocycles. The van der Waals surface area contributed by atoms with Crippen molar-refractivity contribution in [1.82, 2.24) is 9.88 Å². The predicted octanol–water partition coefficient (Wildman–Crippen LogP) is 2.35. The van der Waals surface area contributed by atoms with Crippen molar-refractivity contribution in [3.8, 4) is 5.88 Å². The van der Waals surface area contributed by atoms with Crippen molar-refractivity contribution in [3.63, 3.8) is 0 Å². The second kappa shape index (κ2) is 5.71. The first-order chi connectivity index (χ1) is 8.69. The summed E-state index contributed by atoms with van der Waals surface area (Å²) >= 11 is 0. The van der Waals surface area contributed by atoms with Crippen molar-refractivity contribution in [2.24, 2.45) is 5.92 Å². The standard InChI is InChI=1S/C13H19N3O2/c1-10-4-3-7-16(9-10)13(17)15-11-5-6-12(18-2)14-8-11/h5-6,8,10H,3-4,7,9H2,1-2H3,(H,15,17)/t10-/m0/s1. The van der Waals surface area contributed by atoms with E-state index >= 15 is 0 Å². The van der Waals surface area contributed by atoms with Crippen LogP contribution >= 0.6 is 0 Å². The van der Waals surface area contributed by atoms with E-state index in [4.69, 9.17) is 4.74 Å². The minimum absolute atomic E-state index is 0.0477. The Morgan fingerprint density at radius 3 is 3.00 bits per heavy atom. The molecule has 1 saturated heterocycles. The van der Waals surface area contributed by atoms with Crippen molar-refractivity contribution >= 4 is 11.7 Å². The summed E-state index contributed by atoms with van der Waals surface area (Å²) in [5.41, 5.74) is 0.694. The van der Waals surface area contributed by atoms with Gasteiger partial charge in [0.15, 0.2) is 0 Å². The zero-order valence-electron chi connectivity index (χ0n) is 10.8. The van der Waals surface area contributed by atoms with E-state index in [1.54, 1.807) is 25.4 Å². The highest BCUT2D eigenvalue weighted by atomic mass is 16.5. The van der Waals surface area contributed by atoms with Crippen molar-refractivity contribution < 1.29 is 9.53 Å². The Hall–Kier alpha value is -1.78. The summed E-state index contributed by atoms with van der Waals surface area (Å²) in [6, 6.07) is 3.47. The predicted molar refractivity (Wildman–Crippen MR) is 69.8 cm³/mol. The molecule has 2 heterocycles. The molecular weight excluding hydrogens is 230 g/mol. The molecule has 5 nitrogen and oxygen atoms in total. The van der Waals surface area contributed by atoms with Gasteiger partial charge in [-0.1, -0.05) is 6.92 Å². The molecule has 1 aromatic heterocycles. The van der Waals surface area contributed by atoms with Crippen molar-refractivity contribution in [2.45, 2.75) is 19.8 Å². The van der Waals surface area contributed by atoms with Crippen LogP contribution in [0.5, 0.6) is 5.88 Å². The van der Waals surface area contributed by atoms with Crippen LogP contribution in [0.3, 0.4) is 0 Å². The zero-order valence-corrected chi connectivity index (χ0v) is 10.8. The number of carbonyl (C=O) groups excluding carboxylic acids is 1. The van der Waals surface area contributed by atoms with Crippen LogP contribution < -0.4 is 10.1 Å². The van der Waals surface area contributed by atoms with Gasteiger partial charge in [-0.2, -0.15) is 0 Å². The van der Waals surface area contributed by atoms with Gasteiger partial charge in [-0.05, 0) is 24.8 Å². The molecule has 98 valence electrons. The van der Waals surface area contributed by atoms with Crippen LogP contribution in [0.15, 0.2) is 18.3 Å². The number of urea groups is 1. The number of amides is 2. The van der Waals surface area contributed by atoms with Gasteiger partial charge in [0.05, 0.1) is 19.0 Å². The van der Waals surface area contributed by atoms with E-state index in [1.807, 2.05) is 4.90 Å². The molecule has 0 spiro atoms. The number of piperidine rings is 1. The third-order valence-corrected chi connectivity index (χ3v) is 3.14. The number of carbonyl (C=O) groups is 1. The molecule has 0 radical (unpaired) electrons. The summed E-state index contributed by atoms with van der Waals surface area (Å²) in [6.45, 7) is 3.84. The van der Waals surface area contributed by atoms with Crippen LogP contribution in [0.4, 0.5) is 10.5 Å². The maximum absolute atomic E-state index is 12.0. The number of hydrogen-bond donors (Lipinski definition) is 1. The average molecular weight is 249 g/mol. The molecule has 0 aromatic carbocycles. The Morgan fingerprint density at radius 2 is 2.39 bits per heavy atom. The fraction of sp³-hybridized carbons (Fsp3) is 0.538. The summed E-state index contributed by atoms with van der Waals surface area (Å²) < 4.78 is 4.97. The molecule has 1 atom stereocenters. The van der Waals surface area contributed by atoms with Crippen molar-refractivity contribution in [2.75, 3.05) is 25.5 Å². The maximum Gasteiger partial charge on any atom is 0.321 e. The van der Waals surface area contributed by atoms with E-state index in [-0.39, 0.29) is 6.03 Å². The number of likely N-dealkylation sites (tertiary alicyclic amines) is 1. The normalized spacial score (nSPS) is 19.4. The third-order valence-electron chi connectivity index (χ3n) is 3.14. The lowest BCUT2D eigenvalue weighted by molar-refractivity contribution is 0.182. The van der Waals surface area contributed by atoms with E-state index in [1.165, 1.54) is 6.42 Å². The topological polar surface area (TPSA) is 54.5 Å². The van der Waals surface area contributed by atoms with Gasteiger partial charge in [0.25, 0.3) is 0 Å². The number of aromatic nitrogens is 1. The smallest absolute Gasteiger partial charge is 0.321 e. The van der Waals surface area contributed by atoms with Gasteiger partial charge >= 0.3 is 6.03 Å². The Kier molecular flexibility index (Phi) is 4.02. The molecule has 1 fully saturated rings. The highest BCUT2D eigenvalue weighted by Crippen LogP contribution is 2.17. The number of hydrogen-bond acceptors (Lipinski definition) is 3. The van der Waals surface area contributed by atoms with Crippen LogP contribution in [-0.4, -0.2) is 36.1 Å². The maximum atomic E-state index is 12.0. The van der Waals surface area contributed by atoms with Gasteiger partial charge in [-0.25, -0.2) is 9.78 Å². The molecule has 1 aliphatic rings. The number of rotatable bonds is 2. The Balaban J connectivity index is 1.93. The lowest BCUT2D eigenvalue weighted by Gasteiger charge is -2.30. The lowest BCUT2D eigenvalue weighted by atomic mass is 10.0. The number of nitrogens with one attached hydrogen (secondary N) is 1. The van der Waals surface area contributed by atoms with E-state index in [9.17, 15) is 4.79 Å². The first-order valence-corrected chi connectivity index (χ1v) is 6.25. The highest BCUT2D eigenvalue weighted by molar-refractivity contribution is 5.89. The van der Waals surface area contributed by atoms with E-state index < -0.39 is 0 Å². The number of methoxy groups -OCH3 is 1. The molecule has 1 aromatic rings.